The predicted octanol–water partition coefficient (Wildman–Crippen LogP) is 3.45. The second-order valence-corrected chi connectivity index (χ2v) is 8.01. The summed E-state index contributed by atoms with van der Waals surface area (Å²) in [6, 6.07) is 9.42. The number of piperidine rings is 1. The molecule has 2 aliphatic rings. The molecule has 1 aromatic rings. The van der Waals surface area contributed by atoms with Crippen molar-refractivity contribution in [1.29, 1.82) is 0 Å². The maximum Gasteiger partial charge on any atom is 0.404 e. The molecular formula is C20H29ClF3N3O. The molecule has 2 atom stereocenters. The Morgan fingerprint density at radius 2 is 1.82 bits per heavy atom. The quantitative estimate of drug-likeness (QED) is 0.813. The fourth-order valence-corrected chi connectivity index (χ4v) is 4.32. The first-order valence-corrected chi connectivity index (χ1v) is 9.61. The van der Waals surface area contributed by atoms with E-state index >= 15 is 0 Å². The van der Waals surface area contributed by atoms with Crippen LogP contribution in [0.2, 0.25) is 0 Å². The van der Waals surface area contributed by atoms with E-state index in [-0.39, 0.29) is 43.9 Å². The number of alkyl halides is 3. The molecule has 2 aliphatic heterocycles. The van der Waals surface area contributed by atoms with Crippen molar-refractivity contribution >= 4 is 18.3 Å². The third-order valence-corrected chi connectivity index (χ3v) is 6.12. The summed E-state index contributed by atoms with van der Waals surface area (Å²) in [4.78, 5) is 16.2. The standard InChI is InChI=1S/C20H28F3N3O.ClH/c1-15(24)17-7-10-26(11-8-17)18(27)19(20(21,22)23)9-12-25(14-19)13-16-5-3-2-4-6-16;/h2-6,15,17H,7-14,24H2,1H3;1H. The number of hydrogen-bond acceptors (Lipinski definition) is 3. The third-order valence-electron chi connectivity index (χ3n) is 6.12. The van der Waals surface area contributed by atoms with Gasteiger partial charge in [0.05, 0.1) is 0 Å². The molecule has 0 aromatic heterocycles. The van der Waals surface area contributed by atoms with Crippen molar-refractivity contribution in [3.05, 3.63) is 35.9 Å². The predicted molar refractivity (Wildman–Crippen MR) is 105 cm³/mol. The van der Waals surface area contributed by atoms with Gasteiger partial charge >= 0.3 is 6.18 Å². The van der Waals surface area contributed by atoms with E-state index in [0.29, 0.717) is 32.5 Å². The Kier molecular flexibility index (Phi) is 7.39. The zero-order valence-electron chi connectivity index (χ0n) is 16.1. The second-order valence-electron chi connectivity index (χ2n) is 8.01. The molecule has 4 nitrogen and oxygen atoms in total. The van der Waals surface area contributed by atoms with Gasteiger partial charge in [0, 0.05) is 32.2 Å². The molecule has 158 valence electrons. The van der Waals surface area contributed by atoms with Crippen molar-refractivity contribution in [3.8, 4) is 0 Å². The van der Waals surface area contributed by atoms with Crippen LogP contribution in [0.1, 0.15) is 31.7 Å². The summed E-state index contributed by atoms with van der Waals surface area (Å²) in [5.74, 6) is -0.484. The lowest BCUT2D eigenvalue weighted by Gasteiger charge is -2.40. The molecule has 2 N–H and O–H groups in total. The zero-order chi connectivity index (χ0) is 19.7. The molecule has 2 saturated heterocycles. The van der Waals surface area contributed by atoms with Gasteiger partial charge in [-0.05, 0) is 44.2 Å². The largest absolute Gasteiger partial charge is 0.404 e. The highest BCUT2D eigenvalue weighted by atomic mass is 35.5. The maximum absolute atomic E-state index is 14.0. The van der Waals surface area contributed by atoms with Crippen molar-refractivity contribution in [1.82, 2.24) is 9.80 Å². The Labute approximate surface area is 170 Å². The highest BCUT2D eigenvalue weighted by Gasteiger charge is 2.64. The van der Waals surface area contributed by atoms with Gasteiger partial charge in [-0.15, -0.1) is 12.4 Å². The fourth-order valence-electron chi connectivity index (χ4n) is 4.32. The number of rotatable bonds is 4. The van der Waals surface area contributed by atoms with Crippen LogP contribution in [0, 0.1) is 11.3 Å². The van der Waals surface area contributed by atoms with E-state index in [0.717, 1.165) is 5.56 Å². The molecular weight excluding hydrogens is 391 g/mol. The van der Waals surface area contributed by atoms with Gasteiger partial charge in [0.25, 0.3) is 0 Å². The average Bonchev–Trinajstić information content (AvgIpc) is 3.07. The van der Waals surface area contributed by atoms with E-state index in [9.17, 15) is 18.0 Å². The van der Waals surface area contributed by atoms with E-state index in [4.69, 9.17) is 5.73 Å². The summed E-state index contributed by atoms with van der Waals surface area (Å²) in [6.45, 7) is 3.08. The highest BCUT2D eigenvalue weighted by molar-refractivity contribution is 5.85. The van der Waals surface area contributed by atoms with Gasteiger partial charge in [-0.25, -0.2) is 0 Å². The van der Waals surface area contributed by atoms with E-state index in [1.807, 2.05) is 37.3 Å². The monoisotopic (exact) mass is 419 g/mol. The number of hydrogen-bond donors (Lipinski definition) is 1. The molecule has 0 bridgehead atoms. The molecule has 2 heterocycles. The summed E-state index contributed by atoms with van der Waals surface area (Å²) in [5.41, 5.74) is 4.58. The van der Waals surface area contributed by atoms with Crippen LogP contribution in [0.25, 0.3) is 0 Å². The summed E-state index contributed by atoms with van der Waals surface area (Å²) < 4.78 is 42.1. The third kappa shape index (κ3) is 4.63. The Balaban J connectivity index is 0.00000280. The van der Waals surface area contributed by atoms with Gasteiger partial charge in [0.1, 0.15) is 0 Å². The lowest BCUT2D eigenvalue weighted by molar-refractivity contribution is -0.224. The minimum absolute atomic E-state index is 0. The SMILES string of the molecule is CC(N)C1CCN(C(=O)C2(C(F)(F)F)CCN(Cc3ccccc3)C2)CC1.Cl. The van der Waals surface area contributed by atoms with Gasteiger partial charge < -0.3 is 10.6 Å². The van der Waals surface area contributed by atoms with Gasteiger partial charge in [0.2, 0.25) is 5.91 Å². The number of likely N-dealkylation sites (tertiary alicyclic amines) is 2. The van der Waals surface area contributed by atoms with Crippen molar-refractivity contribution in [3.63, 3.8) is 0 Å². The van der Waals surface area contributed by atoms with E-state index in [2.05, 4.69) is 0 Å². The lowest BCUT2D eigenvalue weighted by Crippen LogP contribution is -2.55. The number of nitrogens with two attached hydrogens (primary N) is 1. The van der Waals surface area contributed by atoms with Gasteiger partial charge in [0.15, 0.2) is 5.41 Å². The smallest absolute Gasteiger partial charge is 0.342 e. The number of carbonyl (C=O) groups is 1. The molecule has 2 fully saturated rings. The van der Waals surface area contributed by atoms with Crippen LogP contribution >= 0.6 is 12.4 Å². The van der Waals surface area contributed by atoms with Crippen LogP contribution in [0.4, 0.5) is 13.2 Å². The highest BCUT2D eigenvalue weighted by Crippen LogP contribution is 2.47. The second kappa shape index (κ2) is 9.01. The minimum Gasteiger partial charge on any atom is -0.342 e. The summed E-state index contributed by atoms with van der Waals surface area (Å²) in [5, 5.41) is 0. The molecule has 0 saturated carbocycles. The van der Waals surface area contributed by atoms with Crippen LogP contribution < -0.4 is 5.73 Å². The number of carbonyl (C=O) groups excluding carboxylic acids is 1. The minimum atomic E-state index is -4.55. The van der Waals surface area contributed by atoms with E-state index < -0.39 is 17.5 Å². The van der Waals surface area contributed by atoms with Crippen LogP contribution in [0.3, 0.4) is 0 Å². The number of nitrogens with zero attached hydrogens (tertiary/aromatic N) is 2. The molecule has 3 rings (SSSR count). The van der Waals surface area contributed by atoms with Crippen LogP contribution in [-0.2, 0) is 11.3 Å². The molecule has 2 unspecified atom stereocenters. The first-order valence-electron chi connectivity index (χ1n) is 9.61. The molecule has 0 radical (unpaired) electrons. The Hall–Kier alpha value is -1.31. The van der Waals surface area contributed by atoms with Gasteiger partial charge in [-0.3, -0.25) is 9.69 Å². The van der Waals surface area contributed by atoms with Crippen LogP contribution in [0.5, 0.6) is 0 Å². The number of halogens is 4. The van der Waals surface area contributed by atoms with Crippen LogP contribution in [0.15, 0.2) is 30.3 Å². The molecule has 8 heteroatoms. The van der Waals surface area contributed by atoms with Crippen molar-refractivity contribution in [2.24, 2.45) is 17.1 Å². The molecule has 0 spiro atoms. The van der Waals surface area contributed by atoms with E-state index in [1.54, 1.807) is 4.90 Å². The maximum atomic E-state index is 14.0. The summed E-state index contributed by atoms with van der Waals surface area (Å²) >= 11 is 0. The van der Waals surface area contributed by atoms with Crippen LogP contribution in [-0.4, -0.2) is 54.1 Å². The first-order chi connectivity index (χ1) is 12.7. The zero-order valence-corrected chi connectivity index (χ0v) is 16.9. The number of benzene rings is 1. The summed E-state index contributed by atoms with van der Waals surface area (Å²) in [7, 11) is 0. The van der Waals surface area contributed by atoms with E-state index in [1.165, 1.54) is 4.90 Å². The molecule has 28 heavy (non-hydrogen) atoms. The first kappa shape index (κ1) is 23.0. The Bertz CT molecular complexity index is 648. The topological polar surface area (TPSA) is 49.6 Å². The normalized spacial score (nSPS) is 25.4. The molecule has 0 aliphatic carbocycles. The van der Waals surface area contributed by atoms with Gasteiger partial charge in [-0.2, -0.15) is 13.2 Å². The van der Waals surface area contributed by atoms with Gasteiger partial charge in [-0.1, -0.05) is 30.3 Å². The molecule has 1 aromatic carbocycles. The van der Waals surface area contributed by atoms with Crippen molar-refractivity contribution < 1.29 is 18.0 Å². The van der Waals surface area contributed by atoms with Crippen molar-refractivity contribution in [2.45, 2.75) is 44.9 Å². The van der Waals surface area contributed by atoms with Crippen molar-refractivity contribution in [2.75, 3.05) is 26.2 Å². The average molecular weight is 420 g/mol. The Morgan fingerprint density at radius 3 is 2.36 bits per heavy atom. The molecule has 1 amide bonds. The lowest BCUT2D eigenvalue weighted by atomic mass is 9.82. The summed E-state index contributed by atoms with van der Waals surface area (Å²) in [6.07, 6.45) is -3.38. The fraction of sp³-hybridized carbons (Fsp3) is 0.650. The number of amides is 1. The Morgan fingerprint density at radius 1 is 1.21 bits per heavy atom.